The van der Waals surface area contributed by atoms with E-state index in [1.807, 2.05) is 36.4 Å². The Hall–Kier alpha value is -3.15. The quantitative estimate of drug-likeness (QED) is 0.730. The minimum absolute atomic E-state index is 0.112. The molecule has 0 fully saturated rings. The van der Waals surface area contributed by atoms with E-state index in [9.17, 15) is 4.79 Å². The predicted molar refractivity (Wildman–Crippen MR) is 90.8 cm³/mol. The summed E-state index contributed by atoms with van der Waals surface area (Å²) in [5.74, 6) is 1.35. The fraction of sp³-hybridized carbons (Fsp3) is 0.167. The Labute approximate surface area is 139 Å². The van der Waals surface area contributed by atoms with Crippen molar-refractivity contribution in [1.82, 2.24) is 20.5 Å². The number of nitrogens with zero attached hydrogens (tertiary/aromatic N) is 2. The van der Waals surface area contributed by atoms with Crippen LogP contribution in [0.25, 0.3) is 11.4 Å². The van der Waals surface area contributed by atoms with E-state index in [-0.39, 0.29) is 5.91 Å². The molecule has 1 amide bonds. The number of hydrogen-bond donors (Lipinski definition) is 2. The van der Waals surface area contributed by atoms with Gasteiger partial charge in [-0.15, -0.1) is 0 Å². The number of aromatic amines is 1. The first kappa shape index (κ1) is 15.7. The number of hydrogen-bond acceptors (Lipinski definition) is 4. The number of amides is 1. The zero-order valence-electron chi connectivity index (χ0n) is 13.3. The zero-order valence-corrected chi connectivity index (χ0v) is 13.3. The minimum Gasteiger partial charge on any atom is -0.497 e. The van der Waals surface area contributed by atoms with Gasteiger partial charge in [-0.2, -0.15) is 5.10 Å². The van der Waals surface area contributed by atoms with Gasteiger partial charge in [-0.05, 0) is 36.2 Å². The van der Waals surface area contributed by atoms with Crippen molar-refractivity contribution < 1.29 is 9.53 Å². The van der Waals surface area contributed by atoms with Crippen molar-refractivity contribution >= 4 is 5.91 Å². The normalized spacial score (nSPS) is 10.4. The molecule has 0 radical (unpaired) electrons. The van der Waals surface area contributed by atoms with Gasteiger partial charge in [-0.1, -0.05) is 24.3 Å². The first-order valence-electron chi connectivity index (χ1n) is 7.63. The first-order chi connectivity index (χ1) is 11.8. The molecule has 0 spiro atoms. The molecule has 0 atom stereocenters. The molecule has 6 heteroatoms. The lowest BCUT2D eigenvalue weighted by atomic mass is 10.1. The van der Waals surface area contributed by atoms with Crippen LogP contribution in [0.3, 0.4) is 0 Å². The SMILES string of the molecule is COc1cccc(CCNC(=O)c2cccc(-c3ncn[nH]3)c2)c1. The van der Waals surface area contributed by atoms with Crippen LogP contribution in [0.2, 0.25) is 0 Å². The molecular weight excluding hydrogens is 304 g/mol. The van der Waals surface area contributed by atoms with Crippen LogP contribution in [0, 0.1) is 0 Å². The van der Waals surface area contributed by atoms with E-state index < -0.39 is 0 Å². The summed E-state index contributed by atoms with van der Waals surface area (Å²) in [5.41, 5.74) is 2.53. The first-order valence-corrected chi connectivity index (χ1v) is 7.63. The van der Waals surface area contributed by atoms with Crippen LogP contribution in [0.4, 0.5) is 0 Å². The van der Waals surface area contributed by atoms with E-state index in [2.05, 4.69) is 20.5 Å². The maximum atomic E-state index is 12.3. The Morgan fingerprint density at radius 1 is 1.21 bits per heavy atom. The molecule has 1 heterocycles. The second-order valence-electron chi connectivity index (χ2n) is 5.27. The molecule has 0 aliphatic carbocycles. The summed E-state index contributed by atoms with van der Waals surface area (Å²) >= 11 is 0. The summed E-state index contributed by atoms with van der Waals surface area (Å²) in [7, 11) is 1.64. The van der Waals surface area contributed by atoms with Crippen LogP contribution in [0.15, 0.2) is 54.9 Å². The fourth-order valence-corrected chi connectivity index (χ4v) is 2.40. The minimum atomic E-state index is -0.112. The molecule has 3 aromatic rings. The summed E-state index contributed by atoms with van der Waals surface area (Å²) < 4.78 is 5.20. The molecule has 3 rings (SSSR count). The van der Waals surface area contributed by atoms with Crippen molar-refractivity contribution in [3.8, 4) is 17.1 Å². The Kier molecular flexibility index (Phi) is 4.86. The number of methoxy groups -OCH3 is 1. The summed E-state index contributed by atoms with van der Waals surface area (Å²) in [5, 5.41) is 9.55. The number of carbonyl (C=O) groups excluding carboxylic acids is 1. The van der Waals surface area contributed by atoms with E-state index in [1.54, 1.807) is 19.2 Å². The van der Waals surface area contributed by atoms with Gasteiger partial charge in [-0.3, -0.25) is 9.89 Å². The van der Waals surface area contributed by atoms with E-state index in [0.717, 1.165) is 23.3 Å². The van der Waals surface area contributed by atoms with Crippen LogP contribution in [0.5, 0.6) is 5.75 Å². The van der Waals surface area contributed by atoms with Crippen molar-refractivity contribution in [2.45, 2.75) is 6.42 Å². The number of aromatic nitrogens is 3. The molecular formula is C18H18N4O2. The summed E-state index contributed by atoms with van der Waals surface area (Å²) in [6.45, 7) is 0.554. The number of nitrogens with one attached hydrogen (secondary N) is 2. The number of carbonyl (C=O) groups is 1. The van der Waals surface area contributed by atoms with Crippen LogP contribution in [-0.4, -0.2) is 34.7 Å². The topological polar surface area (TPSA) is 79.9 Å². The molecule has 2 N–H and O–H groups in total. The van der Waals surface area contributed by atoms with Crippen molar-refractivity contribution in [2.24, 2.45) is 0 Å². The summed E-state index contributed by atoms with van der Waals surface area (Å²) in [4.78, 5) is 16.4. The molecule has 0 aliphatic heterocycles. The number of H-pyrrole nitrogens is 1. The Morgan fingerprint density at radius 3 is 2.88 bits per heavy atom. The second kappa shape index (κ2) is 7.41. The van der Waals surface area contributed by atoms with Gasteiger partial charge in [-0.25, -0.2) is 4.98 Å². The molecule has 1 aromatic heterocycles. The van der Waals surface area contributed by atoms with Gasteiger partial charge in [0.15, 0.2) is 5.82 Å². The maximum absolute atomic E-state index is 12.3. The summed E-state index contributed by atoms with van der Waals surface area (Å²) in [6.07, 6.45) is 2.18. The van der Waals surface area contributed by atoms with Gasteiger partial charge in [0.25, 0.3) is 5.91 Å². The molecule has 0 bridgehead atoms. The highest BCUT2D eigenvalue weighted by Gasteiger charge is 2.08. The lowest BCUT2D eigenvalue weighted by molar-refractivity contribution is 0.0954. The van der Waals surface area contributed by atoms with E-state index in [4.69, 9.17) is 4.74 Å². The highest BCUT2D eigenvalue weighted by Crippen LogP contribution is 2.15. The predicted octanol–water partition coefficient (Wildman–Crippen LogP) is 2.45. The van der Waals surface area contributed by atoms with Gasteiger partial charge in [0.1, 0.15) is 12.1 Å². The third-order valence-electron chi connectivity index (χ3n) is 3.65. The highest BCUT2D eigenvalue weighted by atomic mass is 16.5. The van der Waals surface area contributed by atoms with E-state index >= 15 is 0 Å². The molecule has 0 saturated heterocycles. The third kappa shape index (κ3) is 3.78. The maximum Gasteiger partial charge on any atom is 0.251 e. The van der Waals surface area contributed by atoms with Crippen molar-refractivity contribution in [2.75, 3.05) is 13.7 Å². The second-order valence-corrected chi connectivity index (χ2v) is 5.27. The van der Waals surface area contributed by atoms with E-state index in [0.29, 0.717) is 17.9 Å². The average molecular weight is 322 g/mol. The Bertz CT molecular complexity index is 815. The molecule has 2 aromatic carbocycles. The fourth-order valence-electron chi connectivity index (χ4n) is 2.40. The van der Waals surface area contributed by atoms with Crippen molar-refractivity contribution in [1.29, 1.82) is 0 Å². The lowest BCUT2D eigenvalue weighted by Crippen LogP contribution is -2.25. The molecule has 0 unspecified atom stereocenters. The molecule has 24 heavy (non-hydrogen) atoms. The molecule has 122 valence electrons. The molecule has 6 nitrogen and oxygen atoms in total. The molecule has 0 aliphatic rings. The van der Waals surface area contributed by atoms with Gasteiger partial charge in [0.2, 0.25) is 0 Å². The third-order valence-corrected chi connectivity index (χ3v) is 3.65. The van der Waals surface area contributed by atoms with Crippen LogP contribution in [-0.2, 0) is 6.42 Å². The van der Waals surface area contributed by atoms with Gasteiger partial charge >= 0.3 is 0 Å². The average Bonchev–Trinajstić information content (AvgIpc) is 3.17. The Morgan fingerprint density at radius 2 is 2.08 bits per heavy atom. The van der Waals surface area contributed by atoms with Crippen LogP contribution in [0.1, 0.15) is 15.9 Å². The van der Waals surface area contributed by atoms with Gasteiger partial charge < -0.3 is 10.1 Å². The zero-order chi connectivity index (χ0) is 16.8. The number of ether oxygens (including phenoxy) is 1. The highest BCUT2D eigenvalue weighted by molar-refractivity contribution is 5.95. The van der Waals surface area contributed by atoms with Gasteiger partial charge in [0.05, 0.1) is 7.11 Å². The Balaban J connectivity index is 1.60. The van der Waals surface area contributed by atoms with Crippen molar-refractivity contribution in [3.05, 3.63) is 66.0 Å². The standard InChI is InChI=1S/C18H18N4O2/c1-24-16-7-2-4-13(10-16)8-9-19-18(23)15-6-3-5-14(11-15)17-20-12-21-22-17/h2-7,10-12H,8-9H2,1H3,(H,19,23)(H,20,21,22). The monoisotopic (exact) mass is 322 g/mol. The van der Waals surface area contributed by atoms with E-state index in [1.165, 1.54) is 6.33 Å². The number of benzene rings is 2. The van der Waals surface area contributed by atoms with Crippen molar-refractivity contribution in [3.63, 3.8) is 0 Å². The molecule has 0 saturated carbocycles. The van der Waals surface area contributed by atoms with Crippen LogP contribution < -0.4 is 10.1 Å². The smallest absolute Gasteiger partial charge is 0.251 e. The van der Waals surface area contributed by atoms with Crippen LogP contribution >= 0.6 is 0 Å². The number of rotatable bonds is 6. The summed E-state index contributed by atoms with van der Waals surface area (Å²) in [6, 6.07) is 15.1. The van der Waals surface area contributed by atoms with Gasteiger partial charge in [0, 0.05) is 17.7 Å². The lowest BCUT2D eigenvalue weighted by Gasteiger charge is -2.07. The largest absolute Gasteiger partial charge is 0.497 e.